The molecule has 0 atom stereocenters. The van der Waals surface area contributed by atoms with Crippen LogP contribution in [0.15, 0.2) is 40.9 Å². The molecule has 3 rings (SSSR count). The number of aromatic hydroxyl groups is 1. The van der Waals surface area contributed by atoms with Crippen molar-refractivity contribution in [1.29, 1.82) is 0 Å². The Hall–Kier alpha value is -2.21. The highest BCUT2D eigenvalue weighted by Crippen LogP contribution is 2.44. The van der Waals surface area contributed by atoms with Crippen LogP contribution in [0.1, 0.15) is 30.0 Å². The molecule has 0 fully saturated rings. The fraction of sp³-hybridized carbons (Fsp3) is 0.190. The lowest BCUT2D eigenvalue weighted by molar-refractivity contribution is 0.318. The number of hydrogen-bond donors (Lipinski definition) is 3. The molecule has 3 aromatic rings. The highest BCUT2D eigenvalue weighted by molar-refractivity contribution is 7.13. The van der Waals surface area contributed by atoms with Crippen LogP contribution in [-0.2, 0) is 6.42 Å². The monoisotopic (exact) mass is 434 g/mol. The van der Waals surface area contributed by atoms with Gasteiger partial charge in [-0.05, 0) is 65.2 Å². The summed E-state index contributed by atoms with van der Waals surface area (Å²) in [7, 11) is 0. The minimum atomic E-state index is -0.0446. The Bertz CT molecular complexity index is 1060. The fourth-order valence-corrected chi connectivity index (χ4v) is 4.74. The first-order valence-electron chi connectivity index (χ1n) is 8.75. The molecule has 0 aliphatic carbocycles. The van der Waals surface area contributed by atoms with Crippen molar-refractivity contribution in [2.45, 2.75) is 26.7 Å². The zero-order chi connectivity index (χ0) is 20.4. The average molecular weight is 435 g/mol. The van der Waals surface area contributed by atoms with Gasteiger partial charge in [0.05, 0.1) is 10.0 Å². The molecule has 4 N–H and O–H groups in total. The average Bonchev–Trinajstić information content (AvgIpc) is 3.10. The van der Waals surface area contributed by atoms with Crippen LogP contribution in [0.25, 0.3) is 21.6 Å². The minimum absolute atomic E-state index is 0.0127. The normalized spacial score (nSPS) is 11.8. The van der Waals surface area contributed by atoms with Gasteiger partial charge in [0, 0.05) is 16.0 Å². The summed E-state index contributed by atoms with van der Waals surface area (Å²) in [5, 5.41) is 25.2. The number of rotatable bonds is 5. The molecule has 0 saturated heterocycles. The van der Waals surface area contributed by atoms with Crippen molar-refractivity contribution in [3.8, 4) is 27.3 Å². The second kappa shape index (κ2) is 8.43. The van der Waals surface area contributed by atoms with Gasteiger partial charge in [0.1, 0.15) is 5.75 Å². The quantitative estimate of drug-likeness (QED) is 0.187. The maximum absolute atomic E-state index is 9.83. The number of thiophene rings is 1. The Morgan fingerprint density at radius 1 is 1.21 bits per heavy atom. The highest BCUT2D eigenvalue weighted by Gasteiger charge is 2.24. The number of halogens is 2. The lowest BCUT2D eigenvalue weighted by Gasteiger charge is -2.19. The first-order chi connectivity index (χ1) is 13.4. The summed E-state index contributed by atoms with van der Waals surface area (Å²) in [6, 6.07) is 9.09. The number of nitrogens with two attached hydrogens (primary N) is 1. The molecule has 146 valence electrons. The number of amidine groups is 1. The standard InChI is InChI=1S/C21H20Cl2N2O2S/c1-3-4-13-9-14(12-5-6-16(26)15(22)10-12)17(20-11(2)7-8-28-20)18(19(13)23)21(24)25-27/h5-10,26-27H,3-4H2,1-2H3,(H2,24,25). The SMILES string of the molecule is CCCc1cc(-c2ccc(O)c(Cl)c2)c(-c2sccc2C)c(/C(N)=N/O)c1Cl. The highest BCUT2D eigenvalue weighted by atomic mass is 35.5. The van der Waals surface area contributed by atoms with E-state index in [-0.39, 0.29) is 16.6 Å². The smallest absolute Gasteiger partial charge is 0.172 e. The first kappa shape index (κ1) is 20.5. The van der Waals surface area contributed by atoms with E-state index < -0.39 is 0 Å². The third kappa shape index (κ3) is 3.70. The molecule has 0 spiro atoms. The van der Waals surface area contributed by atoms with E-state index in [1.54, 1.807) is 29.5 Å². The molecular weight excluding hydrogens is 415 g/mol. The summed E-state index contributed by atoms with van der Waals surface area (Å²) >= 11 is 14.4. The molecule has 0 unspecified atom stereocenters. The third-order valence-electron chi connectivity index (χ3n) is 4.57. The van der Waals surface area contributed by atoms with Gasteiger partial charge >= 0.3 is 0 Å². The van der Waals surface area contributed by atoms with Crippen molar-refractivity contribution < 1.29 is 10.3 Å². The van der Waals surface area contributed by atoms with Crippen molar-refractivity contribution >= 4 is 40.4 Å². The van der Waals surface area contributed by atoms with Crippen LogP contribution in [0.4, 0.5) is 0 Å². The molecule has 28 heavy (non-hydrogen) atoms. The van der Waals surface area contributed by atoms with E-state index in [0.717, 1.165) is 45.5 Å². The molecule has 0 aliphatic rings. The van der Waals surface area contributed by atoms with E-state index in [1.165, 1.54) is 0 Å². The van der Waals surface area contributed by atoms with Gasteiger partial charge in [-0.1, -0.05) is 47.8 Å². The zero-order valence-corrected chi connectivity index (χ0v) is 17.8. The maximum atomic E-state index is 9.83. The van der Waals surface area contributed by atoms with Crippen molar-refractivity contribution in [2.24, 2.45) is 10.9 Å². The Morgan fingerprint density at radius 2 is 1.96 bits per heavy atom. The Morgan fingerprint density at radius 3 is 2.54 bits per heavy atom. The van der Waals surface area contributed by atoms with Crippen LogP contribution < -0.4 is 5.73 Å². The molecule has 0 bridgehead atoms. The molecule has 0 aliphatic heterocycles. The van der Waals surface area contributed by atoms with Crippen LogP contribution in [0, 0.1) is 6.92 Å². The number of nitrogens with zero attached hydrogens (tertiary/aromatic N) is 1. The molecule has 0 radical (unpaired) electrons. The van der Waals surface area contributed by atoms with Crippen molar-refractivity contribution in [1.82, 2.24) is 0 Å². The van der Waals surface area contributed by atoms with Crippen LogP contribution in [0.3, 0.4) is 0 Å². The topological polar surface area (TPSA) is 78.8 Å². The Labute approximate surface area is 177 Å². The number of aryl methyl sites for hydroxylation is 2. The Balaban J connectivity index is 2.46. The molecule has 1 aromatic heterocycles. The van der Waals surface area contributed by atoms with Crippen LogP contribution in [0.2, 0.25) is 10.0 Å². The number of benzene rings is 2. The number of phenolic OH excluding ortho intramolecular Hbond substituents is 1. The van der Waals surface area contributed by atoms with Crippen molar-refractivity contribution in [2.75, 3.05) is 0 Å². The molecule has 4 nitrogen and oxygen atoms in total. The second-order valence-electron chi connectivity index (χ2n) is 6.48. The number of phenols is 1. The van der Waals surface area contributed by atoms with E-state index >= 15 is 0 Å². The fourth-order valence-electron chi connectivity index (χ4n) is 3.22. The summed E-state index contributed by atoms with van der Waals surface area (Å²) in [6.07, 6.45) is 1.63. The van der Waals surface area contributed by atoms with Gasteiger partial charge in [-0.2, -0.15) is 0 Å². The predicted molar refractivity (Wildman–Crippen MR) is 118 cm³/mol. The lowest BCUT2D eigenvalue weighted by atomic mass is 9.89. The second-order valence-corrected chi connectivity index (χ2v) is 8.18. The van der Waals surface area contributed by atoms with E-state index in [4.69, 9.17) is 28.9 Å². The Kier molecular flexibility index (Phi) is 6.18. The number of oxime groups is 1. The molecule has 2 aromatic carbocycles. The van der Waals surface area contributed by atoms with E-state index in [2.05, 4.69) is 12.1 Å². The van der Waals surface area contributed by atoms with Crippen molar-refractivity contribution in [3.05, 3.63) is 62.4 Å². The van der Waals surface area contributed by atoms with Gasteiger partial charge in [-0.3, -0.25) is 0 Å². The maximum Gasteiger partial charge on any atom is 0.172 e. The summed E-state index contributed by atoms with van der Waals surface area (Å²) in [6.45, 7) is 4.07. The predicted octanol–water partition coefficient (Wildman–Crippen LogP) is 6.45. The summed E-state index contributed by atoms with van der Waals surface area (Å²) in [5.41, 5.74) is 11.0. The molecular formula is C21H20Cl2N2O2S. The van der Waals surface area contributed by atoms with Gasteiger partial charge in [0.15, 0.2) is 5.84 Å². The van der Waals surface area contributed by atoms with Gasteiger partial charge in [0.2, 0.25) is 0 Å². The van der Waals surface area contributed by atoms with Crippen LogP contribution >= 0.6 is 34.5 Å². The summed E-state index contributed by atoms with van der Waals surface area (Å²) in [5.74, 6) is -0.0319. The minimum Gasteiger partial charge on any atom is -0.506 e. The third-order valence-corrected chi connectivity index (χ3v) is 6.34. The number of hydrogen-bond acceptors (Lipinski definition) is 4. The molecule has 7 heteroatoms. The van der Waals surface area contributed by atoms with Gasteiger partial charge in [0.25, 0.3) is 0 Å². The van der Waals surface area contributed by atoms with Gasteiger partial charge in [-0.25, -0.2) is 0 Å². The van der Waals surface area contributed by atoms with Crippen LogP contribution in [-0.4, -0.2) is 16.1 Å². The first-order valence-corrected chi connectivity index (χ1v) is 10.4. The molecule has 0 saturated carbocycles. The summed E-state index contributed by atoms with van der Waals surface area (Å²) in [4.78, 5) is 0.978. The van der Waals surface area contributed by atoms with Gasteiger partial charge < -0.3 is 16.0 Å². The van der Waals surface area contributed by atoms with E-state index in [9.17, 15) is 10.3 Å². The zero-order valence-electron chi connectivity index (χ0n) is 15.5. The van der Waals surface area contributed by atoms with E-state index in [0.29, 0.717) is 10.6 Å². The summed E-state index contributed by atoms with van der Waals surface area (Å²) < 4.78 is 0. The lowest BCUT2D eigenvalue weighted by Crippen LogP contribution is -2.16. The molecule has 0 amide bonds. The van der Waals surface area contributed by atoms with E-state index in [1.807, 2.05) is 24.4 Å². The largest absolute Gasteiger partial charge is 0.506 e. The van der Waals surface area contributed by atoms with Crippen LogP contribution in [0.5, 0.6) is 5.75 Å². The van der Waals surface area contributed by atoms with Crippen molar-refractivity contribution in [3.63, 3.8) is 0 Å². The van der Waals surface area contributed by atoms with Gasteiger partial charge in [-0.15, -0.1) is 11.3 Å². The molecule has 1 heterocycles.